The molecule has 0 saturated carbocycles. The molecule has 2 nitrogen and oxygen atoms in total. The van der Waals surface area contributed by atoms with E-state index in [0.29, 0.717) is 5.11 Å². The molecule has 1 aromatic carbocycles. The van der Waals surface area contributed by atoms with E-state index in [1.807, 2.05) is 30.3 Å². The Morgan fingerprint density at radius 3 is 2.12 bits per heavy atom. The number of para-hydroxylation sites is 1. The minimum atomic E-state index is 0.658. The highest BCUT2D eigenvalue weighted by atomic mass is 32.1. The van der Waals surface area contributed by atoms with Crippen LogP contribution in [0.25, 0.3) is 0 Å². The van der Waals surface area contributed by atoms with E-state index in [4.69, 9.17) is 12.2 Å². The van der Waals surface area contributed by atoms with E-state index in [1.54, 1.807) is 0 Å². The molecule has 0 saturated heterocycles. The first kappa shape index (κ1) is 21.2. The molecule has 3 heteroatoms. The molecule has 0 aromatic heterocycles. The van der Waals surface area contributed by atoms with Crippen molar-refractivity contribution >= 4 is 23.0 Å². The zero-order valence-electron chi connectivity index (χ0n) is 16.1. The van der Waals surface area contributed by atoms with Crippen molar-refractivity contribution in [1.29, 1.82) is 0 Å². The minimum absolute atomic E-state index is 0.658. The fraction of sp³-hybridized carbons (Fsp3) is 0.409. The molecule has 136 valence electrons. The van der Waals surface area contributed by atoms with Crippen LogP contribution in [0.3, 0.4) is 0 Å². The maximum Gasteiger partial charge on any atom is 0.171 e. The van der Waals surface area contributed by atoms with Gasteiger partial charge < -0.3 is 10.6 Å². The number of allylic oxidation sites excluding steroid dienone is 5. The molecular formula is C22H32N2S. The van der Waals surface area contributed by atoms with Crippen molar-refractivity contribution in [2.45, 2.75) is 53.4 Å². The molecular weight excluding hydrogens is 324 g/mol. The van der Waals surface area contributed by atoms with E-state index in [1.165, 1.54) is 16.7 Å². The smallest absolute Gasteiger partial charge is 0.171 e. The van der Waals surface area contributed by atoms with Gasteiger partial charge in [0.15, 0.2) is 5.11 Å². The van der Waals surface area contributed by atoms with Crippen LogP contribution in [0.2, 0.25) is 0 Å². The standard InChI is InChI=1S/C22H32N2S/c1-18(2)10-8-11-19(3)12-9-13-20(4)16-17-23-22(25)24-21-14-6-5-7-15-21/h5-7,10,12,14-16H,8-9,11,13,17H2,1-4H3,(H2,23,24,25)/b19-12+,20-16+. The largest absolute Gasteiger partial charge is 0.359 e. The van der Waals surface area contributed by atoms with Gasteiger partial charge in [0.1, 0.15) is 0 Å². The second-order valence-electron chi connectivity index (χ2n) is 6.66. The molecule has 0 aliphatic carbocycles. The fourth-order valence-electron chi connectivity index (χ4n) is 2.35. The van der Waals surface area contributed by atoms with Crippen molar-refractivity contribution in [2.24, 2.45) is 0 Å². The van der Waals surface area contributed by atoms with Gasteiger partial charge in [0.2, 0.25) is 0 Å². The molecule has 0 amide bonds. The highest BCUT2D eigenvalue weighted by Crippen LogP contribution is 2.11. The van der Waals surface area contributed by atoms with Crippen LogP contribution in [0.4, 0.5) is 5.69 Å². The second-order valence-corrected chi connectivity index (χ2v) is 7.07. The van der Waals surface area contributed by atoms with Crippen LogP contribution in [0.15, 0.2) is 65.3 Å². The number of hydrogen-bond acceptors (Lipinski definition) is 1. The third-order valence-corrected chi connectivity index (χ3v) is 4.11. The molecule has 0 atom stereocenters. The Morgan fingerprint density at radius 1 is 0.880 bits per heavy atom. The first-order chi connectivity index (χ1) is 12.0. The zero-order valence-corrected chi connectivity index (χ0v) is 16.9. The Balaban J connectivity index is 2.22. The second kappa shape index (κ2) is 12.5. The minimum Gasteiger partial charge on any atom is -0.359 e. The summed E-state index contributed by atoms with van der Waals surface area (Å²) in [6.45, 7) is 9.48. The number of nitrogens with one attached hydrogen (secondary N) is 2. The Hall–Kier alpha value is -1.87. The van der Waals surface area contributed by atoms with E-state index in [9.17, 15) is 0 Å². The average Bonchev–Trinajstić information content (AvgIpc) is 2.55. The van der Waals surface area contributed by atoms with Crippen LogP contribution in [0.1, 0.15) is 53.4 Å². The fourth-order valence-corrected chi connectivity index (χ4v) is 2.55. The summed E-state index contributed by atoms with van der Waals surface area (Å²) in [5.74, 6) is 0. The van der Waals surface area contributed by atoms with Crippen LogP contribution in [0.5, 0.6) is 0 Å². The highest BCUT2D eigenvalue weighted by molar-refractivity contribution is 7.80. The highest BCUT2D eigenvalue weighted by Gasteiger charge is 1.96. The summed E-state index contributed by atoms with van der Waals surface area (Å²) in [5.41, 5.74) is 5.29. The van der Waals surface area contributed by atoms with E-state index < -0.39 is 0 Å². The summed E-state index contributed by atoms with van der Waals surface area (Å²) in [5, 5.41) is 7.06. The molecule has 1 rings (SSSR count). The predicted octanol–water partition coefficient (Wildman–Crippen LogP) is 6.39. The molecule has 2 N–H and O–H groups in total. The number of thiocarbonyl (C=S) groups is 1. The van der Waals surface area contributed by atoms with Crippen molar-refractivity contribution in [1.82, 2.24) is 5.32 Å². The number of hydrogen-bond donors (Lipinski definition) is 2. The maximum atomic E-state index is 5.30. The molecule has 25 heavy (non-hydrogen) atoms. The molecule has 0 bridgehead atoms. The Kier molecular flexibility index (Phi) is 10.6. The lowest BCUT2D eigenvalue weighted by Gasteiger charge is -2.09. The molecule has 1 aromatic rings. The summed E-state index contributed by atoms with van der Waals surface area (Å²) < 4.78 is 0. The van der Waals surface area contributed by atoms with Gasteiger partial charge in [-0.15, -0.1) is 0 Å². The molecule has 0 aliphatic heterocycles. The average molecular weight is 357 g/mol. The monoisotopic (exact) mass is 356 g/mol. The molecule has 0 unspecified atom stereocenters. The summed E-state index contributed by atoms with van der Waals surface area (Å²) in [6, 6.07) is 9.97. The van der Waals surface area contributed by atoms with E-state index in [2.05, 4.69) is 56.6 Å². The summed E-state index contributed by atoms with van der Waals surface area (Å²) in [4.78, 5) is 0. The van der Waals surface area contributed by atoms with Gasteiger partial charge in [-0.2, -0.15) is 0 Å². The van der Waals surface area contributed by atoms with Gasteiger partial charge in [-0.25, -0.2) is 0 Å². The van der Waals surface area contributed by atoms with Gasteiger partial charge in [0.25, 0.3) is 0 Å². The molecule has 0 spiro atoms. The lowest BCUT2D eigenvalue weighted by atomic mass is 10.1. The third kappa shape index (κ3) is 11.3. The van der Waals surface area contributed by atoms with Crippen LogP contribution in [0, 0.1) is 0 Å². The van der Waals surface area contributed by atoms with E-state index in [0.717, 1.165) is 37.9 Å². The zero-order chi connectivity index (χ0) is 18.5. The SMILES string of the molecule is CC(C)=CCC/C(C)=C/CC/C(C)=C/CNC(=S)Nc1ccccc1. The first-order valence-electron chi connectivity index (χ1n) is 9.02. The number of anilines is 1. The van der Waals surface area contributed by atoms with Crippen molar-refractivity contribution in [2.75, 3.05) is 11.9 Å². The predicted molar refractivity (Wildman–Crippen MR) is 116 cm³/mol. The Morgan fingerprint density at radius 2 is 1.48 bits per heavy atom. The summed E-state index contributed by atoms with van der Waals surface area (Å²) in [6.07, 6.45) is 11.4. The van der Waals surface area contributed by atoms with Crippen molar-refractivity contribution in [3.8, 4) is 0 Å². The van der Waals surface area contributed by atoms with E-state index in [-0.39, 0.29) is 0 Å². The summed E-state index contributed by atoms with van der Waals surface area (Å²) in [7, 11) is 0. The molecule has 0 fully saturated rings. The lowest BCUT2D eigenvalue weighted by molar-refractivity contribution is 0.910. The van der Waals surface area contributed by atoms with Crippen LogP contribution in [-0.4, -0.2) is 11.7 Å². The van der Waals surface area contributed by atoms with Crippen LogP contribution >= 0.6 is 12.2 Å². The quantitative estimate of drug-likeness (QED) is 0.396. The first-order valence-corrected chi connectivity index (χ1v) is 9.42. The van der Waals surface area contributed by atoms with Crippen LogP contribution in [-0.2, 0) is 0 Å². The molecule has 0 aliphatic rings. The molecule has 0 radical (unpaired) electrons. The lowest BCUT2D eigenvalue weighted by Crippen LogP contribution is -2.28. The van der Waals surface area contributed by atoms with Gasteiger partial charge in [-0.05, 0) is 77.7 Å². The number of benzene rings is 1. The normalized spacial score (nSPS) is 11.8. The van der Waals surface area contributed by atoms with Gasteiger partial charge in [-0.1, -0.05) is 53.1 Å². The van der Waals surface area contributed by atoms with Crippen molar-refractivity contribution in [3.63, 3.8) is 0 Å². The van der Waals surface area contributed by atoms with Crippen LogP contribution < -0.4 is 10.6 Å². The maximum absolute atomic E-state index is 5.30. The topological polar surface area (TPSA) is 24.1 Å². The van der Waals surface area contributed by atoms with Gasteiger partial charge in [0.05, 0.1) is 0 Å². The van der Waals surface area contributed by atoms with Crippen molar-refractivity contribution in [3.05, 3.63) is 65.3 Å². The van der Waals surface area contributed by atoms with Gasteiger partial charge >= 0.3 is 0 Å². The van der Waals surface area contributed by atoms with E-state index >= 15 is 0 Å². The summed E-state index contributed by atoms with van der Waals surface area (Å²) >= 11 is 5.30. The number of rotatable bonds is 9. The molecule has 0 heterocycles. The van der Waals surface area contributed by atoms with Crippen molar-refractivity contribution < 1.29 is 0 Å². The Labute approximate surface area is 159 Å². The third-order valence-electron chi connectivity index (χ3n) is 3.87. The van der Waals surface area contributed by atoms with Gasteiger partial charge in [-0.3, -0.25) is 0 Å². The van der Waals surface area contributed by atoms with Gasteiger partial charge in [0, 0.05) is 12.2 Å². The Bertz CT molecular complexity index is 608.